The number of hydrogen-bond acceptors (Lipinski definition) is 8. The molecule has 2 N–H and O–H groups in total. The van der Waals surface area contributed by atoms with E-state index >= 15 is 0 Å². The molecule has 1 aliphatic heterocycles. The first-order chi connectivity index (χ1) is 15.7. The summed E-state index contributed by atoms with van der Waals surface area (Å²) < 4.78 is 6.10. The molecule has 1 saturated heterocycles. The number of aromatic nitrogens is 4. The van der Waals surface area contributed by atoms with Crippen LogP contribution in [0.5, 0.6) is 0 Å². The van der Waals surface area contributed by atoms with E-state index in [1.54, 1.807) is 13.2 Å². The van der Waals surface area contributed by atoms with Gasteiger partial charge < -0.3 is 20.0 Å². The highest BCUT2D eigenvalue weighted by Gasteiger charge is 2.30. The molecular weight excluding hydrogens is 406 g/mol. The third-order valence-corrected chi connectivity index (χ3v) is 6.14. The Balaban J connectivity index is 1.43. The van der Waals surface area contributed by atoms with Crippen LogP contribution in [0.3, 0.4) is 0 Å². The van der Waals surface area contributed by atoms with E-state index in [-0.39, 0.29) is 11.8 Å². The zero-order valence-electron chi connectivity index (χ0n) is 17.8. The minimum atomic E-state index is -0.0144. The summed E-state index contributed by atoms with van der Waals surface area (Å²) in [5, 5.41) is 15.2. The standard InChI is InChI=1S/C23H23N7O2/c1-24-21-20-15(11-19(28-29-20)27-22(31)13-4-5-13)16(12-25-21)23-26-17-10-14(6-7-18(17)32-23)30-8-2-3-9-30/h6-7,10-13H,2-5,8-9H2,1H3,(H,24,25)(H,27,28,31). The first-order valence-electron chi connectivity index (χ1n) is 11.0. The molecule has 162 valence electrons. The number of benzene rings is 1. The van der Waals surface area contributed by atoms with Gasteiger partial charge in [0, 0.05) is 43.3 Å². The van der Waals surface area contributed by atoms with Crippen molar-refractivity contribution < 1.29 is 9.21 Å². The molecule has 0 atom stereocenters. The molecule has 6 rings (SSSR count). The van der Waals surface area contributed by atoms with Gasteiger partial charge in [-0.05, 0) is 49.9 Å². The third-order valence-electron chi connectivity index (χ3n) is 6.14. The van der Waals surface area contributed by atoms with E-state index in [0.717, 1.165) is 42.4 Å². The van der Waals surface area contributed by atoms with Gasteiger partial charge in [-0.2, -0.15) is 0 Å². The van der Waals surface area contributed by atoms with Crippen molar-refractivity contribution in [1.29, 1.82) is 0 Å². The Kier molecular flexibility index (Phi) is 4.41. The van der Waals surface area contributed by atoms with Gasteiger partial charge in [-0.3, -0.25) is 4.79 Å². The molecule has 9 heteroatoms. The average molecular weight is 429 g/mol. The predicted octanol–water partition coefficient (Wildman–Crippen LogP) is 3.82. The Bertz CT molecular complexity index is 1340. The number of nitrogens with one attached hydrogen (secondary N) is 2. The fourth-order valence-electron chi connectivity index (χ4n) is 4.22. The smallest absolute Gasteiger partial charge is 0.229 e. The van der Waals surface area contributed by atoms with Crippen LogP contribution in [0.2, 0.25) is 0 Å². The molecule has 4 heterocycles. The lowest BCUT2D eigenvalue weighted by Gasteiger charge is -2.16. The summed E-state index contributed by atoms with van der Waals surface area (Å²) in [6, 6.07) is 7.94. The van der Waals surface area contributed by atoms with Crippen molar-refractivity contribution in [2.24, 2.45) is 5.92 Å². The van der Waals surface area contributed by atoms with Gasteiger partial charge in [0.05, 0.1) is 5.56 Å². The zero-order chi connectivity index (χ0) is 21.7. The Hall–Kier alpha value is -3.75. The van der Waals surface area contributed by atoms with Crippen molar-refractivity contribution in [2.75, 3.05) is 35.7 Å². The number of anilines is 3. The fraction of sp³-hybridized carbons (Fsp3) is 0.348. The third kappa shape index (κ3) is 3.30. The topological polar surface area (TPSA) is 109 Å². The SMILES string of the molecule is CNc1ncc(-c2nc3cc(N4CCCC4)ccc3o2)c2cc(NC(=O)C3CC3)nnc12. The van der Waals surface area contributed by atoms with E-state index < -0.39 is 0 Å². The summed E-state index contributed by atoms with van der Waals surface area (Å²) in [6.45, 7) is 2.15. The zero-order valence-corrected chi connectivity index (χ0v) is 17.8. The highest BCUT2D eigenvalue weighted by molar-refractivity contribution is 6.01. The molecular formula is C23H23N7O2. The monoisotopic (exact) mass is 429 g/mol. The molecule has 2 fully saturated rings. The number of oxazole rings is 1. The first-order valence-corrected chi connectivity index (χ1v) is 11.0. The number of nitrogens with zero attached hydrogens (tertiary/aromatic N) is 5. The van der Waals surface area contributed by atoms with Gasteiger partial charge >= 0.3 is 0 Å². The maximum absolute atomic E-state index is 12.2. The second kappa shape index (κ2) is 7.44. The van der Waals surface area contributed by atoms with Crippen molar-refractivity contribution in [2.45, 2.75) is 25.7 Å². The van der Waals surface area contributed by atoms with Gasteiger partial charge in [0.15, 0.2) is 17.2 Å². The van der Waals surface area contributed by atoms with Crippen LogP contribution in [0.25, 0.3) is 33.5 Å². The Morgan fingerprint density at radius 3 is 2.78 bits per heavy atom. The minimum absolute atomic E-state index is 0.0144. The van der Waals surface area contributed by atoms with Gasteiger partial charge in [-0.15, -0.1) is 10.2 Å². The number of fused-ring (bicyclic) bond motifs is 2. The second-order valence-corrected chi connectivity index (χ2v) is 8.39. The molecule has 0 unspecified atom stereocenters. The van der Waals surface area contributed by atoms with Gasteiger partial charge in [-0.25, -0.2) is 9.97 Å². The molecule has 0 bridgehead atoms. The van der Waals surface area contributed by atoms with Crippen molar-refractivity contribution in [3.8, 4) is 11.5 Å². The Labute approximate surface area is 184 Å². The summed E-state index contributed by atoms with van der Waals surface area (Å²) in [5.74, 6) is 1.55. The molecule has 0 radical (unpaired) electrons. The van der Waals surface area contributed by atoms with Crippen molar-refractivity contribution in [1.82, 2.24) is 20.2 Å². The predicted molar refractivity (Wildman–Crippen MR) is 123 cm³/mol. The molecule has 1 aliphatic carbocycles. The first kappa shape index (κ1) is 19.0. The van der Waals surface area contributed by atoms with Crippen LogP contribution < -0.4 is 15.5 Å². The Morgan fingerprint density at radius 1 is 1.16 bits per heavy atom. The highest BCUT2D eigenvalue weighted by Crippen LogP contribution is 2.35. The molecule has 0 spiro atoms. The molecule has 1 amide bonds. The molecule has 4 aromatic rings. The highest BCUT2D eigenvalue weighted by atomic mass is 16.3. The van der Waals surface area contributed by atoms with E-state index in [9.17, 15) is 4.79 Å². The van der Waals surface area contributed by atoms with Gasteiger partial charge in [0.1, 0.15) is 11.0 Å². The van der Waals surface area contributed by atoms with Gasteiger partial charge in [0.2, 0.25) is 11.8 Å². The molecule has 3 aromatic heterocycles. The van der Waals surface area contributed by atoms with Gasteiger partial charge in [-0.1, -0.05) is 0 Å². The molecule has 9 nitrogen and oxygen atoms in total. The van der Waals surface area contributed by atoms with Crippen LogP contribution >= 0.6 is 0 Å². The normalized spacial score (nSPS) is 16.1. The van der Waals surface area contributed by atoms with Crippen molar-refractivity contribution in [3.05, 3.63) is 30.5 Å². The molecule has 1 aromatic carbocycles. The van der Waals surface area contributed by atoms with E-state index in [1.165, 1.54) is 18.5 Å². The maximum Gasteiger partial charge on any atom is 0.229 e. The number of rotatable bonds is 5. The van der Waals surface area contributed by atoms with Crippen molar-refractivity contribution >= 4 is 45.2 Å². The number of carbonyl (C=O) groups is 1. The van der Waals surface area contributed by atoms with Crippen molar-refractivity contribution in [3.63, 3.8) is 0 Å². The number of amides is 1. The van der Waals surface area contributed by atoms with E-state index in [2.05, 4.69) is 42.8 Å². The Morgan fingerprint density at radius 2 is 2.00 bits per heavy atom. The number of pyridine rings is 1. The number of hydrogen-bond donors (Lipinski definition) is 2. The summed E-state index contributed by atoms with van der Waals surface area (Å²) in [6.07, 6.45) is 6.01. The van der Waals surface area contributed by atoms with Crippen LogP contribution in [-0.4, -0.2) is 46.2 Å². The molecule has 2 aliphatic rings. The lowest BCUT2D eigenvalue weighted by atomic mass is 10.1. The summed E-state index contributed by atoms with van der Waals surface area (Å²) in [7, 11) is 1.78. The lowest BCUT2D eigenvalue weighted by molar-refractivity contribution is -0.117. The summed E-state index contributed by atoms with van der Waals surface area (Å²) in [4.78, 5) is 23.8. The van der Waals surface area contributed by atoms with E-state index in [1.807, 2.05) is 12.1 Å². The van der Waals surface area contributed by atoms with Crippen LogP contribution in [0.4, 0.5) is 17.3 Å². The van der Waals surface area contributed by atoms with Crippen LogP contribution in [0, 0.1) is 5.92 Å². The van der Waals surface area contributed by atoms with Crippen LogP contribution in [-0.2, 0) is 4.79 Å². The molecule has 32 heavy (non-hydrogen) atoms. The summed E-state index contributed by atoms with van der Waals surface area (Å²) in [5.41, 5.74) is 3.99. The average Bonchev–Trinajstić information content (AvgIpc) is 3.36. The largest absolute Gasteiger partial charge is 0.436 e. The maximum atomic E-state index is 12.2. The minimum Gasteiger partial charge on any atom is -0.436 e. The fourth-order valence-corrected chi connectivity index (χ4v) is 4.22. The second-order valence-electron chi connectivity index (χ2n) is 8.39. The lowest BCUT2D eigenvalue weighted by Crippen LogP contribution is -2.17. The molecule has 1 saturated carbocycles. The van der Waals surface area contributed by atoms with Crippen LogP contribution in [0.15, 0.2) is 34.9 Å². The number of carbonyl (C=O) groups excluding carboxylic acids is 1. The summed E-state index contributed by atoms with van der Waals surface area (Å²) >= 11 is 0. The van der Waals surface area contributed by atoms with E-state index in [4.69, 9.17) is 9.40 Å². The van der Waals surface area contributed by atoms with Gasteiger partial charge in [0.25, 0.3) is 0 Å². The van der Waals surface area contributed by atoms with E-state index in [0.29, 0.717) is 28.6 Å². The van der Waals surface area contributed by atoms with Crippen LogP contribution in [0.1, 0.15) is 25.7 Å². The quantitative estimate of drug-likeness (QED) is 0.493.